The third kappa shape index (κ3) is 6.35. The predicted molar refractivity (Wildman–Crippen MR) is 120 cm³/mol. The van der Waals surface area contributed by atoms with Crippen LogP contribution in [0, 0.1) is 19.7 Å². The van der Waals surface area contributed by atoms with E-state index in [-0.39, 0.29) is 23.7 Å². The first-order chi connectivity index (χ1) is 14.8. The van der Waals surface area contributed by atoms with Crippen molar-refractivity contribution in [3.63, 3.8) is 0 Å². The summed E-state index contributed by atoms with van der Waals surface area (Å²) in [4.78, 5) is 29.2. The molecule has 1 fully saturated rings. The number of halogens is 1. The third-order valence-corrected chi connectivity index (χ3v) is 5.83. The Morgan fingerprint density at radius 1 is 1.00 bits per heavy atom. The van der Waals surface area contributed by atoms with Crippen LogP contribution >= 0.6 is 0 Å². The summed E-state index contributed by atoms with van der Waals surface area (Å²) in [6.45, 7) is 9.50. The highest BCUT2D eigenvalue weighted by molar-refractivity contribution is 5.93. The molecule has 0 saturated carbocycles. The number of amides is 2. The molecule has 2 aromatic carbocycles. The molecule has 3 rings (SSSR count). The number of benzene rings is 2. The lowest BCUT2D eigenvalue weighted by atomic mass is 10.1. The minimum atomic E-state index is -0.288. The average Bonchev–Trinajstić information content (AvgIpc) is 2.76. The van der Waals surface area contributed by atoms with Crippen molar-refractivity contribution in [2.75, 3.05) is 38.0 Å². The van der Waals surface area contributed by atoms with Gasteiger partial charge in [0.2, 0.25) is 11.8 Å². The molecule has 31 heavy (non-hydrogen) atoms. The topological polar surface area (TPSA) is 64.7 Å². The lowest BCUT2D eigenvalue weighted by molar-refractivity contribution is -0.127. The van der Waals surface area contributed by atoms with Crippen molar-refractivity contribution in [1.82, 2.24) is 15.1 Å². The highest BCUT2D eigenvalue weighted by Gasteiger charge is 2.26. The van der Waals surface area contributed by atoms with E-state index in [0.29, 0.717) is 13.1 Å². The predicted octanol–water partition coefficient (Wildman–Crippen LogP) is 2.70. The molecular weight excluding hydrogens is 395 g/mol. The van der Waals surface area contributed by atoms with Crippen molar-refractivity contribution in [3.8, 4) is 0 Å². The van der Waals surface area contributed by atoms with Gasteiger partial charge in [0.1, 0.15) is 5.82 Å². The third-order valence-electron chi connectivity index (χ3n) is 5.83. The van der Waals surface area contributed by atoms with Gasteiger partial charge in [-0.15, -0.1) is 0 Å². The monoisotopic (exact) mass is 426 g/mol. The molecule has 1 unspecified atom stereocenters. The van der Waals surface area contributed by atoms with Crippen LogP contribution in [0.5, 0.6) is 0 Å². The smallest absolute Gasteiger partial charge is 0.238 e. The number of piperazine rings is 1. The van der Waals surface area contributed by atoms with E-state index in [1.807, 2.05) is 39.0 Å². The zero-order chi connectivity index (χ0) is 22.4. The molecule has 0 aromatic heterocycles. The Morgan fingerprint density at radius 2 is 1.61 bits per heavy atom. The Hall–Kier alpha value is -2.77. The van der Waals surface area contributed by atoms with Gasteiger partial charge in [0, 0.05) is 38.4 Å². The van der Waals surface area contributed by atoms with Crippen LogP contribution in [0.2, 0.25) is 0 Å². The van der Waals surface area contributed by atoms with Gasteiger partial charge in [-0.1, -0.05) is 30.3 Å². The molecule has 0 radical (unpaired) electrons. The molecule has 0 spiro atoms. The molecule has 166 valence electrons. The molecule has 6 nitrogen and oxygen atoms in total. The van der Waals surface area contributed by atoms with Crippen molar-refractivity contribution >= 4 is 17.5 Å². The Morgan fingerprint density at radius 3 is 2.23 bits per heavy atom. The maximum Gasteiger partial charge on any atom is 0.238 e. The lowest BCUT2D eigenvalue weighted by Gasteiger charge is -2.37. The van der Waals surface area contributed by atoms with Crippen LogP contribution in [0.25, 0.3) is 0 Å². The van der Waals surface area contributed by atoms with Gasteiger partial charge >= 0.3 is 0 Å². The Balaban J connectivity index is 1.42. The van der Waals surface area contributed by atoms with E-state index in [9.17, 15) is 14.0 Å². The van der Waals surface area contributed by atoms with Gasteiger partial charge in [0.15, 0.2) is 0 Å². The minimum Gasteiger partial charge on any atom is -0.351 e. The lowest BCUT2D eigenvalue weighted by Crippen LogP contribution is -2.54. The second kappa shape index (κ2) is 10.5. The summed E-state index contributed by atoms with van der Waals surface area (Å²) >= 11 is 0. The van der Waals surface area contributed by atoms with Gasteiger partial charge in [-0.05, 0) is 49.6 Å². The maximum atomic E-state index is 13.0. The molecule has 2 amide bonds. The average molecular weight is 427 g/mol. The zero-order valence-corrected chi connectivity index (χ0v) is 18.5. The highest BCUT2D eigenvalue weighted by atomic mass is 19.1. The van der Waals surface area contributed by atoms with Crippen molar-refractivity contribution in [2.45, 2.75) is 33.4 Å². The Labute approximate surface area is 183 Å². The number of anilines is 1. The quantitative estimate of drug-likeness (QED) is 0.715. The summed E-state index contributed by atoms with van der Waals surface area (Å²) in [5, 5.41) is 5.95. The molecule has 0 aliphatic carbocycles. The standard InChI is InChI=1S/C24H31FN4O2/c1-17-5-4-6-18(2)23(17)27-22(30)16-28-11-13-29(14-12-28)19(3)24(31)26-15-20-7-9-21(25)10-8-20/h4-10,19H,11-16H2,1-3H3,(H,26,31)(H,27,30). The summed E-state index contributed by atoms with van der Waals surface area (Å²) < 4.78 is 13.0. The van der Waals surface area contributed by atoms with Gasteiger partial charge < -0.3 is 10.6 Å². The van der Waals surface area contributed by atoms with Crippen LogP contribution in [0.4, 0.5) is 10.1 Å². The van der Waals surface area contributed by atoms with Gasteiger partial charge in [-0.25, -0.2) is 4.39 Å². The normalized spacial score (nSPS) is 16.0. The second-order valence-corrected chi connectivity index (χ2v) is 8.15. The fourth-order valence-corrected chi connectivity index (χ4v) is 3.81. The highest BCUT2D eigenvalue weighted by Crippen LogP contribution is 2.19. The minimum absolute atomic E-state index is 0.0176. The van der Waals surface area contributed by atoms with Gasteiger partial charge in [-0.2, -0.15) is 0 Å². The molecular formula is C24H31FN4O2. The van der Waals surface area contributed by atoms with E-state index in [0.717, 1.165) is 48.6 Å². The molecule has 2 N–H and O–H groups in total. The number of aryl methyl sites for hydroxylation is 2. The second-order valence-electron chi connectivity index (χ2n) is 8.15. The van der Waals surface area contributed by atoms with Gasteiger partial charge in [0.05, 0.1) is 12.6 Å². The van der Waals surface area contributed by atoms with Crippen molar-refractivity contribution in [3.05, 3.63) is 65.0 Å². The van der Waals surface area contributed by atoms with E-state index in [2.05, 4.69) is 20.4 Å². The van der Waals surface area contributed by atoms with Gasteiger partial charge in [0.25, 0.3) is 0 Å². The van der Waals surface area contributed by atoms with E-state index >= 15 is 0 Å². The van der Waals surface area contributed by atoms with E-state index < -0.39 is 0 Å². The van der Waals surface area contributed by atoms with Crippen molar-refractivity contribution < 1.29 is 14.0 Å². The van der Waals surface area contributed by atoms with E-state index in [4.69, 9.17) is 0 Å². The first kappa shape index (κ1) is 22.9. The molecule has 1 heterocycles. The summed E-state index contributed by atoms with van der Waals surface area (Å²) in [5.74, 6) is -0.356. The van der Waals surface area contributed by atoms with Crippen molar-refractivity contribution in [1.29, 1.82) is 0 Å². The van der Waals surface area contributed by atoms with Crippen LogP contribution in [0.1, 0.15) is 23.6 Å². The summed E-state index contributed by atoms with van der Waals surface area (Å²) in [6, 6.07) is 11.8. The van der Waals surface area contributed by atoms with Crippen LogP contribution in [-0.2, 0) is 16.1 Å². The number of carbonyl (C=O) groups is 2. The van der Waals surface area contributed by atoms with E-state index in [1.165, 1.54) is 12.1 Å². The summed E-state index contributed by atoms with van der Waals surface area (Å²) in [7, 11) is 0. The molecule has 1 aliphatic rings. The number of para-hydroxylation sites is 1. The number of hydrogen-bond acceptors (Lipinski definition) is 4. The first-order valence-electron chi connectivity index (χ1n) is 10.7. The van der Waals surface area contributed by atoms with Crippen LogP contribution in [-0.4, -0.2) is 60.4 Å². The zero-order valence-electron chi connectivity index (χ0n) is 18.5. The number of carbonyl (C=O) groups excluding carboxylic acids is 2. The number of hydrogen-bond donors (Lipinski definition) is 2. The van der Waals surface area contributed by atoms with Crippen LogP contribution in [0.15, 0.2) is 42.5 Å². The maximum absolute atomic E-state index is 13.0. The Kier molecular flexibility index (Phi) is 7.76. The molecule has 2 aromatic rings. The SMILES string of the molecule is Cc1cccc(C)c1NC(=O)CN1CCN(C(C)C(=O)NCc2ccc(F)cc2)CC1. The van der Waals surface area contributed by atoms with Crippen LogP contribution < -0.4 is 10.6 Å². The van der Waals surface area contributed by atoms with Gasteiger partial charge in [-0.3, -0.25) is 19.4 Å². The molecule has 7 heteroatoms. The first-order valence-corrected chi connectivity index (χ1v) is 10.7. The van der Waals surface area contributed by atoms with E-state index in [1.54, 1.807) is 12.1 Å². The molecule has 0 bridgehead atoms. The summed E-state index contributed by atoms with van der Waals surface area (Å²) in [6.07, 6.45) is 0. The molecule has 1 saturated heterocycles. The molecule has 1 atom stereocenters. The number of rotatable bonds is 7. The fourth-order valence-electron chi connectivity index (χ4n) is 3.81. The van der Waals surface area contributed by atoms with Crippen molar-refractivity contribution in [2.24, 2.45) is 0 Å². The Bertz CT molecular complexity index is 888. The molecule has 1 aliphatic heterocycles. The fraction of sp³-hybridized carbons (Fsp3) is 0.417. The number of nitrogens with one attached hydrogen (secondary N) is 2. The van der Waals surface area contributed by atoms with Crippen LogP contribution in [0.3, 0.4) is 0 Å². The summed E-state index contributed by atoms with van der Waals surface area (Å²) in [5.41, 5.74) is 3.86. The largest absolute Gasteiger partial charge is 0.351 e. The number of nitrogens with zero attached hydrogens (tertiary/aromatic N) is 2.